The Labute approximate surface area is 168 Å². The average molecular weight is 415 g/mol. The van der Waals surface area contributed by atoms with Crippen molar-refractivity contribution in [1.29, 1.82) is 0 Å². The van der Waals surface area contributed by atoms with Crippen molar-refractivity contribution in [2.45, 2.75) is 6.42 Å². The van der Waals surface area contributed by atoms with E-state index in [0.29, 0.717) is 30.0 Å². The molecule has 0 saturated heterocycles. The molecule has 0 fully saturated rings. The lowest BCUT2D eigenvalue weighted by molar-refractivity contribution is 0.0955. The highest BCUT2D eigenvalue weighted by molar-refractivity contribution is 7.89. The Bertz CT molecular complexity index is 1140. The van der Waals surface area contributed by atoms with Gasteiger partial charge in [0.05, 0.1) is 5.75 Å². The summed E-state index contributed by atoms with van der Waals surface area (Å²) >= 11 is 0. The summed E-state index contributed by atoms with van der Waals surface area (Å²) in [5.41, 5.74) is 2.47. The van der Waals surface area contributed by atoms with E-state index in [9.17, 15) is 13.2 Å². The van der Waals surface area contributed by atoms with Crippen molar-refractivity contribution in [2.24, 2.45) is 0 Å². The minimum atomic E-state index is -3.50. The smallest absolute Gasteiger partial charge is 0.251 e. The topological polar surface area (TPSA) is 110 Å². The summed E-state index contributed by atoms with van der Waals surface area (Å²) in [6, 6.07) is 12.7. The van der Waals surface area contributed by atoms with Crippen LogP contribution in [-0.4, -0.2) is 44.9 Å². The molecule has 1 amide bonds. The van der Waals surface area contributed by atoms with Gasteiger partial charge in [-0.25, -0.2) is 13.1 Å². The lowest BCUT2D eigenvalue weighted by atomic mass is 10.1. The number of fused-ring (bicyclic) bond motifs is 2. The first kappa shape index (κ1) is 19.3. The third-order valence-corrected chi connectivity index (χ3v) is 6.07. The third-order valence-electron chi connectivity index (χ3n) is 4.68. The SMILES string of the molecule is O=C(NCCS(=O)(=O)NCCc1c[nH]c2ccccc12)c1ccc2c(c1)OCO2. The Morgan fingerprint density at radius 1 is 1.07 bits per heavy atom. The number of aromatic nitrogens is 1. The molecule has 152 valence electrons. The number of rotatable bonds is 8. The average Bonchev–Trinajstić information content (AvgIpc) is 3.34. The molecule has 8 nitrogen and oxygen atoms in total. The van der Waals surface area contributed by atoms with Gasteiger partial charge in [-0.1, -0.05) is 18.2 Å². The second kappa shape index (κ2) is 8.14. The molecule has 0 bridgehead atoms. The van der Waals surface area contributed by atoms with Gasteiger partial charge in [-0.3, -0.25) is 4.79 Å². The molecule has 1 aromatic heterocycles. The Kier molecular flexibility index (Phi) is 5.41. The molecule has 0 atom stereocenters. The van der Waals surface area contributed by atoms with Crippen molar-refractivity contribution in [3.8, 4) is 11.5 Å². The molecule has 2 aromatic carbocycles. The molecule has 3 aromatic rings. The van der Waals surface area contributed by atoms with E-state index in [1.165, 1.54) is 0 Å². The lowest BCUT2D eigenvalue weighted by Crippen LogP contribution is -2.35. The van der Waals surface area contributed by atoms with E-state index in [1.54, 1.807) is 18.2 Å². The van der Waals surface area contributed by atoms with Gasteiger partial charge in [-0.2, -0.15) is 0 Å². The summed E-state index contributed by atoms with van der Waals surface area (Å²) in [6.45, 7) is 0.429. The first-order chi connectivity index (χ1) is 14.0. The summed E-state index contributed by atoms with van der Waals surface area (Å²) in [7, 11) is -3.50. The fraction of sp³-hybridized carbons (Fsp3) is 0.250. The van der Waals surface area contributed by atoms with E-state index < -0.39 is 10.0 Å². The van der Waals surface area contributed by atoms with Crippen LogP contribution >= 0.6 is 0 Å². The zero-order valence-electron chi connectivity index (χ0n) is 15.6. The molecule has 0 unspecified atom stereocenters. The number of ether oxygens (including phenoxy) is 2. The van der Waals surface area contributed by atoms with Crippen LogP contribution in [0.4, 0.5) is 0 Å². The molecular formula is C20H21N3O5S. The van der Waals surface area contributed by atoms with Gasteiger partial charge in [0.25, 0.3) is 5.91 Å². The number of hydrogen-bond donors (Lipinski definition) is 3. The van der Waals surface area contributed by atoms with Crippen molar-refractivity contribution in [2.75, 3.05) is 25.6 Å². The highest BCUT2D eigenvalue weighted by Gasteiger charge is 2.17. The van der Waals surface area contributed by atoms with Crippen LogP contribution in [0.1, 0.15) is 15.9 Å². The molecule has 29 heavy (non-hydrogen) atoms. The zero-order chi connectivity index (χ0) is 20.3. The van der Waals surface area contributed by atoms with Crippen LogP contribution in [0.15, 0.2) is 48.7 Å². The normalized spacial score (nSPS) is 13.0. The van der Waals surface area contributed by atoms with Crippen LogP contribution in [0.25, 0.3) is 10.9 Å². The van der Waals surface area contributed by atoms with Crippen molar-refractivity contribution in [1.82, 2.24) is 15.0 Å². The van der Waals surface area contributed by atoms with Gasteiger partial charge in [-0.05, 0) is 36.2 Å². The van der Waals surface area contributed by atoms with Crippen LogP contribution in [0, 0.1) is 0 Å². The van der Waals surface area contributed by atoms with Crippen LogP contribution in [0.5, 0.6) is 11.5 Å². The summed E-state index contributed by atoms with van der Waals surface area (Å²) in [4.78, 5) is 15.4. The molecule has 1 aliphatic rings. The summed E-state index contributed by atoms with van der Waals surface area (Å²) in [5.74, 6) is 0.530. The van der Waals surface area contributed by atoms with Gasteiger partial charge in [0, 0.05) is 35.8 Å². The van der Waals surface area contributed by atoms with E-state index in [0.717, 1.165) is 16.5 Å². The minimum Gasteiger partial charge on any atom is -0.454 e. The number of aromatic amines is 1. The zero-order valence-corrected chi connectivity index (χ0v) is 16.4. The number of carbonyl (C=O) groups excluding carboxylic acids is 1. The molecule has 4 rings (SSSR count). The predicted octanol–water partition coefficient (Wildman–Crippen LogP) is 1.79. The summed E-state index contributed by atoms with van der Waals surface area (Å²) in [6.07, 6.45) is 2.47. The number of H-pyrrole nitrogens is 1. The molecule has 1 aliphatic heterocycles. The van der Waals surface area contributed by atoms with E-state index >= 15 is 0 Å². The first-order valence-corrected chi connectivity index (χ1v) is 10.9. The maximum Gasteiger partial charge on any atom is 0.251 e. The molecule has 0 saturated carbocycles. The number of benzene rings is 2. The Hall–Kier alpha value is -3.04. The number of hydrogen-bond acceptors (Lipinski definition) is 5. The second-order valence-electron chi connectivity index (χ2n) is 6.65. The fourth-order valence-corrected chi connectivity index (χ4v) is 4.12. The van der Waals surface area contributed by atoms with Gasteiger partial charge in [0.1, 0.15) is 0 Å². The molecule has 2 heterocycles. The van der Waals surface area contributed by atoms with Gasteiger partial charge in [-0.15, -0.1) is 0 Å². The van der Waals surface area contributed by atoms with E-state index in [2.05, 4.69) is 15.0 Å². The van der Waals surface area contributed by atoms with Gasteiger partial charge < -0.3 is 19.8 Å². The largest absolute Gasteiger partial charge is 0.454 e. The van der Waals surface area contributed by atoms with Gasteiger partial charge in [0.15, 0.2) is 11.5 Å². The van der Waals surface area contributed by atoms with Crippen molar-refractivity contribution < 1.29 is 22.7 Å². The fourth-order valence-electron chi connectivity index (χ4n) is 3.19. The first-order valence-electron chi connectivity index (χ1n) is 9.22. The summed E-state index contributed by atoms with van der Waals surface area (Å²) in [5, 5.41) is 3.70. The second-order valence-corrected chi connectivity index (χ2v) is 8.57. The van der Waals surface area contributed by atoms with Crippen LogP contribution in [0.2, 0.25) is 0 Å². The van der Waals surface area contributed by atoms with E-state index in [1.807, 2.05) is 30.5 Å². The number of carbonyl (C=O) groups is 1. The van der Waals surface area contributed by atoms with Gasteiger partial charge >= 0.3 is 0 Å². The quantitative estimate of drug-likeness (QED) is 0.520. The van der Waals surface area contributed by atoms with Crippen molar-refractivity contribution >= 4 is 26.8 Å². The number of nitrogens with one attached hydrogen (secondary N) is 3. The number of sulfonamides is 1. The molecule has 0 radical (unpaired) electrons. The lowest BCUT2D eigenvalue weighted by Gasteiger charge is -2.08. The molecule has 9 heteroatoms. The Balaban J connectivity index is 1.24. The highest BCUT2D eigenvalue weighted by atomic mass is 32.2. The molecule has 0 aliphatic carbocycles. The minimum absolute atomic E-state index is 0.00962. The third kappa shape index (κ3) is 4.52. The van der Waals surface area contributed by atoms with Crippen LogP contribution in [0.3, 0.4) is 0 Å². The predicted molar refractivity (Wildman–Crippen MR) is 109 cm³/mol. The van der Waals surface area contributed by atoms with Crippen molar-refractivity contribution in [3.63, 3.8) is 0 Å². The Morgan fingerprint density at radius 2 is 1.90 bits per heavy atom. The maximum atomic E-state index is 12.2. The van der Waals surface area contributed by atoms with Crippen LogP contribution in [-0.2, 0) is 16.4 Å². The monoisotopic (exact) mass is 415 g/mol. The Morgan fingerprint density at radius 3 is 2.79 bits per heavy atom. The van der Waals surface area contributed by atoms with Crippen molar-refractivity contribution in [3.05, 3.63) is 59.8 Å². The van der Waals surface area contributed by atoms with E-state index in [-0.39, 0.29) is 25.0 Å². The highest BCUT2D eigenvalue weighted by Crippen LogP contribution is 2.32. The number of amides is 1. The van der Waals surface area contributed by atoms with Crippen LogP contribution < -0.4 is 19.5 Å². The number of para-hydroxylation sites is 1. The summed E-state index contributed by atoms with van der Waals surface area (Å²) < 4.78 is 37.4. The molecular weight excluding hydrogens is 394 g/mol. The van der Waals surface area contributed by atoms with E-state index in [4.69, 9.17) is 9.47 Å². The van der Waals surface area contributed by atoms with Gasteiger partial charge in [0.2, 0.25) is 16.8 Å². The molecule has 0 spiro atoms. The maximum absolute atomic E-state index is 12.2. The molecule has 3 N–H and O–H groups in total. The standard InChI is InChI=1S/C20H21N3O5S/c24-20(14-5-6-18-19(11-14)28-13-27-18)21-9-10-29(25,26)23-8-7-15-12-22-17-4-2-1-3-16(15)17/h1-6,11-12,22-23H,7-10,13H2,(H,21,24).